The van der Waals surface area contributed by atoms with Gasteiger partial charge in [-0.15, -0.1) is 0 Å². The SMILES string of the molecule is CCOC(=O)CCNC(=O)N1CCC[C@H]1c1cc(C)on1. The van der Waals surface area contributed by atoms with Crippen LogP contribution >= 0.6 is 0 Å². The van der Waals surface area contributed by atoms with Crippen molar-refractivity contribution in [2.75, 3.05) is 19.7 Å². The summed E-state index contributed by atoms with van der Waals surface area (Å²) in [6, 6.07) is 1.63. The molecule has 0 bridgehead atoms. The third-order valence-corrected chi connectivity index (χ3v) is 3.41. The van der Waals surface area contributed by atoms with Crippen LogP contribution < -0.4 is 5.32 Å². The fraction of sp³-hybridized carbons (Fsp3) is 0.643. The van der Waals surface area contributed by atoms with Crippen LogP contribution in [0.3, 0.4) is 0 Å². The quantitative estimate of drug-likeness (QED) is 0.837. The lowest BCUT2D eigenvalue weighted by atomic mass is 10.1. The van der Waals surface area contributed by atoms with Gasteiger partial charge in [0.2, 0.25) is 0 Å². The number of urea groups is 1. The Morgan fingerprint density at radius 1 is 1.57 bits per heavy atom. The van der Waals surface area contributed by atoms with E-state index in [2.05, 4.69) is 10.5 Å². The van der Waals surface area contributed by atoms with E-state index in [9.17, 15) is 9.59 Å². The van der Waals surface area contributed by atoms with Gasteiger partial charge in [-0.3, -0.25) is 4.79 Å². The molecule has 7 nitrogen and oxygen atoms in total. The molecule has 0 aromatic carbocycles. The molecule has 0 saturated carbocycles. The van der Waals surface area contributed by atoms with Crippen LogP contribution in [0.4, 0.5) is 4.79 Å². The second-order valence-corrected chi connectivity index (χ2v) is 5.00. The van der Waals surface area contributed by atoms with Crippen molar-refractivity contribution in [1.29, 1.82) is 0 Å². The standard InChI is InChI=1S/C14H21N3O4/c1-3-20-13(18)6-7-15-14(19)17-8-4-5-12(17)11-9-10(2)21-16-11/h9,12H,3-8H2,1-2H3,(H,15,19)/t12-/m0/s1. The zero-order chi connectivity index (χ0) is 15.2. The summed E-state index contributed by atoms with van der Waals surface area (Å²) >= 11 is 0. The van der Waals surface area contributed by atoms with E-state index in [1.807, 2.05) is 13.0 Å². The summed E-state index contributed by atoms with van der Waals surface area (Å²) in [4.78, 5) is 25.1. The number of aromatic nitrogens is 1. The van der Waals surface area contributed by atoms with Crippen molar-refractivity contribution in [3.05, 3.63) is 17.5 Å². The molecule has 0 spiro atoms. The van der Waals surface area contributed by atoms with E-state index in [0.717, 1.165) is 24.3 Å². The van der Waals surface area contributed by atoms with Gasteiger partial charge in [0.05, 0.1) is 19.1 Å². The lowest BCUT2D eigenvalue weighted by molar-refractivity contribution is -0.142. The van der Waals surface area contributed by atoms with E-state index in [-0.39, 0.29) is 31.0 Å². The highest BCUT2D eigenvalue weighted by Gasteiger charge is 2.31. The maximum Gasteiger partial charge on any atom is 0.317 e. The second-order valence-electron chi connectivity index (χ2n) is 5.00. The second kappa shape index (κ2) is 7.10. The van der Waals surface area contributed by atoms with Crippen molar-refractivity contribution >= 4 is 12.0 Å². The number of ether oxygens (including phenoxy) is 1. The average molecular weight is 295 g/mol. The molecular formula is C14H21N3O4. The number of hydrogen-bond donors (Lipinski definition) is 1. The van der Waals surface area contributed by atoms with E-state index in [1.165, 1.54) is 0 Å². The number of hydrogen-bond acceptors (Lipinski definition) is 5. The van der Waals surface area contributed by atoms with Crippen LogP contribution in [0.1, 0.15) is 43.7 Å². The molecule has 1 fully saturated rings. The Morgan fingerprint density at radius 2 is 2.38 bits per heavy atom. The normalized spacial score (nSPS) is 17.8. The number of esters is 1. The van der Waals surface area contributed by atoms with Crippen LogP contribution in [-0.2, 0) is 9.53 Å². The molecule has 2 heterocycles. The number of rotatable bonds is 5. The fourth-order valence-electron chi connectivity index (χ4n) is 2.47. The van der Waals surface area contributed by atoms with Crippen LogP contribution in [-0.4, -0.2) is 41.8 Å². The predicted molar refractivity (Wildman–Crippen MR) is 74.6 cm³/mol. The molecule has 0 unspecified atom stereocenters. The van der Waals surface area contributed by atoms with Gasteiger partial charge < -0.3 is 19.5 Å². The van der Waals surface area contributed by atoms with Gasteiger partial charge in [-0.05, 0) is 26.7 Å². The number of carbonyl (C=O) groups excluding carboxylic acids is 2. The van der Waals surface area contributed by atoms with Crippen LogP contribution in [0.15, 0.2) is 10.6 Å². The van der Waals surface area contributed by atoms with Gasteiger partial charge in [0.25, 0.3) is 0 Å². The zero-order valence-corrected chi connectivity index (χ0v) is 12.4. The molecule has 1 atom stereocenters. The Bertz CT molecular complexity index is 500. The van der Waals surface area contributed by atoms with Gasteiger partial charge in [-0.1, -0.05) is 5.16 Å². The Hall–Kier alpha value is -2.05. The van der Waals surface area contributed by atoms with E-state index in [4.69, 9.17) is 9.26 Å². The minimum Gasteiger partial charge on any atom is -0.466 e. The third-order valence-electron chi connectivity index (χ3n) is 3.41. The number of aryl methyl sites for hydroxylation is 1. The maximum absolute atomic E-state index is 12.2. The van der Waals surface area contributed by atoms with E-state index >= 15 is 0 Å². The number of carbonyl (C=O) groups is 2. The fourth-order valence-corrected chi connectivity index (χ4v) is 2.47. The lowest BCUT2D eigenvalue weighted by Gasteiger charge is -2.23. The number of likely N-dealkylation sites (tertiary alicyclic amines) is 1. The summed E-state index contributed by atoms with van der Waals surface area (Å²) in [5, 5.41) is 6.74. The molecule has 21 heavy (non-hydrogen) atoms. The molecular weight excluding hydrogens is 274 g/mol. The molecule has 0 radical (unpaired) electrons. The molecule has 1 N–H and O–H groups in total. The highest BCUT2D eigenvalue weighted by molar-refractivity contribution is 5.76. The smallest absolute Gasteiger partial charge is 0.317 e. The van der Waals surface area contributed by atoms with Crippen LogP contribution in [0.25, 0.3) is 0 Å². The van der Waals surface area contributed by atoms with Gasteiger partial charge in [-0.25, -0.2) is 4.79 Å². The van der Waals surface area contributed by atoms with Crippen LogP contribution in [0.2, 0.25) is 0 Å². The first-order chi connectivity index (χ1) is 10.1. The zero-order valence-electron chi connectivity index (χ0n) is 12.4. The first-order valence-electron chi connectivity index (χ1n) is 7.25. The van der Waals surface area contributed by atoms with Gasteiger partial charge >= 0.3 is 12.0 Å². The van der Waals surface area contributed by atoms with Crippen molar-refractivity contribution in [3.8, 4) is 0 Å². The predicted octanol–water partition coefficient (Wildman–Crippen LogP) is 1.78. The summed E-state index contributed by atoms with van der Waals surface area (Å²) in [7, 11) is 0. The Labute approximate surface area is 123 Å². The summed E-state index contributed by atoms with van der Waals surface area (Å²) in [6.07, 6.45) is 1.99. The molecule has 116 valence electrons. The molecule has 1 aromatic heterocycles. The summed E-state index contributed by atoms with van der Waals surface area (Å²) in [5.41, 5.74) is 0.783. The first-order valence-corrected chi connectivity index (χ1v) is 7.25. The molecule has 1 aliphatic heterocycles. The molecule has 1 aromatic rings. The van der Waals surface area contributed by atoms with Gasteiger partial charge in [0, 0.05) is 19.2 Å². The molecule has 1 aliphatic rings. The average Bonchev–Trinajstić information content (AvgIpc) is 3.07. The van der Waals surface area contributed by atoms with E-state index in [1.54, 1.807) is 11.8 Å². The van der Waals surface area contributed by atoms with Gasteiger partial charge in [0.15, 0.2) is 0 Å². The van der Waals surface area contributed by atoms with E-state index in [0.29, 0.717) is 13.2 Å². The van der Waals surface area contributed by atoms with Crippen molar-refractivity contribution in [2.45, 2.75) is 39.2 Å². The number of amides is 2. The Morgan fingerprint density at radius 3 is 3.05 bits per heavy atom. The lowest BCUT2D eigenvalue weighted by Crippen LogP contribution is -2.40. The largest absolute Gasteiger partial charge is 0.466 e. The molecule has 2 rings (SSSR count). The minimum atomic E-state index is -0.303. The summed E-state index contributed by atoms with van der Waals surface area (Å²) in [5.74, 6) is 0.433. The van der Waals surface area contributed by atoms with Crippen molar-refractivity contribution in [1.82, 2.24) is 15.4 Å². The van der Waals surface area contributed by atoms with Crippen LogP contribution in [0.5, 0.6) is 0 Å². The number of nitrogens with one attached hydrogen (secondary N) is 1. The van der Waals surface area contributed by atoms with Crippen molar-refractivity contribution in [2.24, 2.45) is 0 Å². The Kier molecular flexibility index (Phi) is 5.19. The Balaban J connectivity index is 1.85. The molecule has 1 saturated heterocycles. The highest BCUT2D eigenvalue weighted by atomic mass is 16.5. The third kappa shape index (κ3) is 3.96. The van der Waals surface area contributed by atoms with Crippen LogP contribution in [0, 0.1) is 6.92 Å². The van der Waals surface area contributed by atoms with E-state index < -0.39 is 0 Å². The monoisotopic (exact) mass is 295 g/mol. The molecule has 2 amide bonds. The minimum absolute atomic E-state index is 0.0509. The van der Waals surface area contributed by atoms with Gasteiger partial charge in [-0.2, -0.15) is 0 Å². The molecule has 0 aliphatic carbocycles. The first kappa shape index (κ1) is 15.3. The summed E-state index contributed by atoms with van der Waals surface area (Å²) < 4.78 is 9.89. The topological polar surface area (TPSA) is 84.7 Å². The van der Waals surface area contributed by atoms with Crippen molar-refractivity contribution in [3.63, 3.8) is 0 Å². The van der Waals surface area contributed by atoms with Gasteiger partial charge in [0.1, 0.15) is 11.5 Å². The maximum atomic E-state index is 12.2. The number of nitrogens with zero attached hydrogens (tertiary/aromatic N) is 2. The summed E-state index contributed by atoms with van der Waals surface area (Å²) in [6.45, 7) is 4.90. The molecule has 7 heteroatoms. The van der Waals surface area contributed by atoms with Crippen molar-refractivity contribution < 1.29 is 18.8 Å². The highest BCUT2D eigenvalue weighted by Crippen LogP contribution is 2.31.